The summed E-state index contributed by atoms with van der Waals surface area (Å²) < 4.78 is 5.53. The molecule has 2 N–H and O–H groups in total. The molecule has 1 saturated heterocycles. The van der Waals surface area contributed by atoms with Crippen LogP contribution in [-0.2, 0) is 4.74 Å². The third-order valence-corrected chi connectivity index (χ3v) is 4.20. The highest BCUT2D eigenvalue weighted by Crippen LogP contribution is 2.27. The van der Waals surface area contributed by atoms with Crippen LogP contribution >= 0.6 is 0 Å². The van der Waals surface area contributed by atoms with E-state index in [1.165, 1.54) is 19.4 Å². The smallest absolute Gasteiger partial charge is 0.0637 e. The van der Waals surface area contributed by atoms with Crippen LogP contribution in [0.4, 0.5) is 0 Å². The monoisotopic (exact) mass is 242 g/mol. The minimum absolute atomic E-state index is 0.0401. The number of methoxy groups -OCH3 is 1. The average molecular weight is 242 g/mol. The van der Waals surface area contributed by atoms with Gasteiger partial charge in [-0.15, -0.1) is 0 Å². The number of ether oxygens (including phenoxy) is 1. The second-order valence-electron chi connectivity index (χ2n) is 6.27. The van der Waals surface area contributed by atoms with Crippen molar-refractivity contribution in [1.82, 2.24) is 4.90 Å². The van der Waals surface area contributed by atoms with E-state index in [0.29, 0.717) is 12.1 Å². The highest BCUT2D eigenvalue weighted by atomic mass is 16.5. The Kier molecular flexibility index (Phi) is 5.42. The molecule has 102 valence electrons. The third-order valence-electron chi connectivity index (χ3n) is 4.20. The quantitative estimate of drug-likeness (QED) is 0.803. The first kappa shape index (κ1) is 14.9. The van der Waals surface area contributed by atoms with Crippen LogP contribution in [0.3, 0.4) is 0 Å². The lowest BCUT2D eigenvalue weighted by Crippen LogP contribution is -2.51. The van der Waals surface area contributed by atoms with Gasteiger partial charge in [-0.25, -0.2) is 0 Å². The molecule has 0 saturated carbocycles. The van der Waals surface area contributed by atoms with Gasteiger partial charge in [0.25, 0.3) is 0 Å². The number of nitrogens with zero attached hydrogens (tertiary/aromatic N) is 1. The van der Waals surface area contributed by atoms with Crippen molar-refractivity contribution in [3.63, 3.8) is 0 Å². The summed E-state index contributed by atoms with van der Waals surface area (Å²) in [6.45, 7) is 10.9. The number of hydrogen-bond acceptors (Lipinski definition) is 3. The molecule has 3 atom stereocenters. The molecule has 1 rings (SSSR count). The van der Waals surface area contributed by atoms with Gasteiger partial charge in [0.15, 0.2) is 0 Å². The standard InChI is InChI=1S/C14H30N2O/c1-11-6-7-16(13(8-11)10-15)12(2)9-14(3,4)17-5/h11-13H,6-10,15H2,1-5H3. The molecule has 17 heavy (non-hydrogen) atoms. The van der Waals surface area contributed by atoms with Crippen molar-refractivity contribution in [3.8, 4) is 0 Å². The van der Waals surface area contributed by atoms with E-state index >= 15 is 0 Å². The number of piperidine rings is 1. The van der Waals surface area contributed by atoms with E-state index in [1.807, 2.05) is 0 Å². The second kappa shape index (κ2) is 6.17. The fourth-order valence-corrected chi connectivity index (χ4v) is 2.99. The maximum Gasteiger partial charge on any atom is 0.0637 e. The molecular weight excluding hydrogens is 212 g/mol. The fourth-order valence-electron chi connectivity index (χ4n) is 2.99. The Bertz CT molecular complexity index is 230. The molecular formula is C14H30N2O. The summed E-state index contributed by atoms with van der Waals surface area (Å²) in [6, 6.07) is 1.10. The van der Waals surface area contributed by atoms with Crippen LogP contribution in [0.5, 0.6) is 0 Å². The first-order valence-electron chi connectivity index (χ1n) is 6.90. The SMILES string of the molecule is COC(C)(C)CC(C)N1CCC(C)CC1CN. The predicted molar refractivity (Wildman–Crippen MR) is 73.1 cm³/mol. The van der Waals surface area contributed by atoms with Crippen LogP contribution in [0.25, 0.3) is 0 Å². The molecule has 3 nitrogen and oxygen atoms in total. The molecule has 1 aliphatic heterocycles. The van der Waals surface area contributed by atoms with E-state index in [4.69, 9.17) is 10.5 Å². The topological polar surface area (TPSA) is 38.5 Å². The van der Waals surface area contributed by atoms with E-state index in [1.54, 1.807) is 7.11 Å². The van der Waals surface area contributed by atoms with Gasteiger partial charge in [-0.05, 0) is 52.5 Å². The van der Waals surface area contributed by atoms with Gasteiger partial charge in [-0.2, -0.15) is 0 Å². The zero-order valence-electron chi connectivity index (χ0n) is 12.2. The lowest BCUT2D eigenvalue weighted by molar-refractivity contribution is -0.0198. The Hall–Kier alpha value is -0.120. The van der Waals surface area contributed by atoms with Crippen molar-refractivity contribution in [3.05, 3.63) is 0 Å². The minimum Gasteiger partial charge on any atom is -0.379 e. The lowest BCUT2D eigenvalue weighted by atomic mass is 9.89. The molecule has 0 amide bonds. The molecule has 0 aromatic heterocycles. The van der Waals surface area contributed by atoms with Gasteiger partial charge < -0.3 is 10.5 Å². The maximum absolute atomic E-state index is 5.92. The van der Waals surface area contributed by atoms with E-state index < -0.39 is 0 Å². The molecule has 0 bridgehead atoms. The van der Waals surface area contributed by atoms with E-state index in [9.17, 15) is 0 Å². The molecule has 0 spiro atoms. The van der Waals surface area contributed by atoms with Crippen LogP contribution in [0.2, 0.25) is 0 Å². The second-order valence-corrected chi connectivity index (χ2v) is 6.27. The van der Waals surface area contributed by atoms with Crippen molar-refractivity contribution < 1.29 is 4.74 Å². The van der Waals surface area contributed by atoms with E-state index in [2.05, 4.69) is 32.6 Å². The van der Waals surface area contributed by atoms with E-state index in [0.717, 1.165) is 18.9 Å². The van der Waals surface area contributed by atoms with Crippen molar-refractivity contribution in [2.24, 2.45) is 11.7 Å². The van der Waals surface area contributed by atoms with Crippen molar-refractivity contribution >= 4 is 0 Å². The summed E-state index contributed by atoms with van der Waals surface area (Å²) in [7, 11) is 1.80. The van der Waals surface area contributed by atoms with Crippen molar-refractivity contribution in [1.29, 1.82) is 0 Å². The first-order chi connectivity index (χ1) is 7.89. The summed E-state index contributed by atoms with van der Waals surface area (Å²) >= 11 is 0. The van der Waals surface area contributed by atoms with Crippen LogP contribution < -0.4 is 5.73 Å². The summed E-state index contributed by atoms with van der Waals surface area (Å²) in [5.74, 6) is 0.822. The molecule has 0 aromatic carbocycles. The zero-order chi connectivity index (χ0) is 13.1. The van der Waals surface area contributed by atoms with Crippen molar-refractivity contribution in [2.45, 2.75) is 64.6 Å². The van der Waals surface area contributed by atoms with Crippen LogP contribution in [0.15, 0.2) is 0 Å². The summed E-state index contributed by atoms with van der Waals surface area (Å²) in [5, 5.41) is 0. The normalized spacial score (nSPS) is 29.3. The van der Waals surface area contributed by atoms with Gasteiger partial charge in [0.05, 0.1) is 5.60 Å². The van der Waals surface area contributed by atoms with Crippen molar-refractivity contribution in [2.75, 3.05) is 20.2 Å². The predicted octanol–water partition coefficient (Wildman–Crippen LogP) is 2.25. The van der Waals surface area contributed by atoms with Gasteiger partial charge in [0.2, 0.25) is 0 Å². The molecule has 1 heterocycles. The van der Waals surface area contributed by atoms with Gasteiger partial charge >= 0.3 is 0 Å². The first-order valence-corrected chi connectivity index (χ1v) is 6.90. The average Bonchev–Trinajstić information content (AvgIpc) is 2.28. The summed E-state index contributed by atoms with van der Waals surface area (Å²) in [4.78, 5) is 2.58. The number of likely N-dealkylation sites (tertiary alicyclic amines) is 1. The molecule has 0 aliphatic carbocycles. The molecule has 0 aromatic rings. The molecule has 3 heteroatoms. The van der Waals surface area contributed by atoms with Gasteiger partial charge in [0.1, 0.15) is 0 Å². The number of rotatable bonds is 5. The summed E-state index contributed by atoms with van der Waals surface area (Å²) in [5.41, 5.74) is 5.88. The maximum atomic E-state index is 5.92. The van der Waals surface area contributed by atoms with Crippen LogP contribution in [0, 0.1) is 5.92 Å². The Morgan fingerprint density at radius 1 is 1.47 bits per heavy atom. The van der Waals surface area contributed by atoms with Gasteiger partial charge in [0, 0.05) is 25.7 Å². The fraction of sp³-hybridized carbons (Fsp3) is 1.00. The Morgan fingerprint density at radius 3 is 2.65 bits per heavy atom. The Balaban J connectivity index is 2.58. The van der Waals surface area contributed by atoms with Crippen LogP contribution in [-0.4, -0.2) is 42.8 Å². The highest BCUT2D eigenvalue weighted by molar-refractivity contribution is 4.87. The number of nitrogens with two attached hydrogens (primary N) is 1. The minimum atomic E-state index is -0.0401. The Morgan fingerprint density at radius 2 is 2.12 bits per heavy atom. The number of hydrogen-bond donors (Lipinski definition) is 1. The molecule has 1 aliphatic rings. The molecule has 1 fully saturated rings. The van der Waals surface area contributed by atoms with Gasteiger partial charge in [-0.1, -0.05) is 6.92 Å². The largest absolute Gasteiger partial charge is 0.379 e. The highest BCUT2D eigenvalue weighted by Gasteiger charge is 2.31. The van der Waals surface area contributed by atoms with Gasteiger partial charge in [-0.3, -0.25) is 4.90 Å². The Labute approximate surface area is 107 Å². The lowest BCUT2D eigenvalue weighted by Gasteiger charge is -2.43. The zero-order valence-corrected chi connectivity index (χ0v) is 12.2. The third kappa shape index (κ3) is 4.23. The summed E-state index contributed by atoms with van der Waals surface area (Å²) in [6.07, 6.45) is 3.61. The molecule has 3 unspecified atom stereocenters. The van der Waals surface area contributed by atoms with E-state index in [-0.39, 0.29) is 5.60 Å². The molecule has 0 radical (unpaired) electrons. The van der Waals surface area contributed by atoms with Crippen LogP contribution in [0.1, 0.15) is 47.0 Å².